The van der Waals surface area contributed by atoms with Gasteiger partial charge >= 0.3 is 5.97 Å². The average molecular weight is 383 g/mol. The van der Waals surface area contributed by atoms with Crippen LogP contribution in [0, 0.1) is 20.8 Å². The Morgan fingerprint density at radius 1 is 0.963 bits per heavy atom. The molecular formula is C21H21NO4S. The van der Waals surface area contributed by atoms with E-state index in [-0.39, 0.29) is 4.88 Å². The number of ether oxygens (including phenoxy) is 2. The number of carboxylic acids is 1. The van der Waals surface area contributed by atoms with E-state index in [2.05, 4.69) is 11.1 Å². The van der Waals surface area contributed by atoms with Crippen LogP contribution in [-0.2, 0) is 0 Å². The third-order valence-corrected chi connectivity index (χ3v) is 5.10. The second-order valence-electron chi connectivity index (χ2n) is 6.28. The molecule has 5 nitrogen and oxygen atoms in total. The van der Waals surface area contributed by atoms with Gasteiger partial charge in [0.1, 0.15) is 34.6 Å². The summed E-state index contributed by atoms with van der Waals surface area (Å²) in [6.45, 7) is 6.68. The third kappa shape index (κ3) is 4.86. The summed E-state index contributed by atoms with van der Waals surface area (Å²) in [6, 6.07) is 13.6. The Morgan fingerprint density at radius 2 is 1.56 bits per heavy atom. The highest BCUT2D eigenvalue weighted by Crippen LogP contribution is 2.29. The highest BCUT2D eigenvalue weighted by atomic mass is 32.1. The molecule has 0 aliphatic carbocycles. The smallest absolute Gasteiger partial charge is 0.347 e. The number of thiazole rings is 1. The van der Waals surface area contributed by atoms with Crippen LogP contribution >= 0.6 is 11.3 Å². The second kappa shape index (κ2) is 8.22. The number of nitrogens with zero attached hydrogens (tertiary/aromatic N) is 1. The molecule has 0 unspecified atom stereocenters. The Kier molecular flexibility index (Phi) is 5.76. The molecule has 0 spiro atoms. The van der Waals surface area contributed by atoms with Crippen LogP contribution < -0.4 is 9.47 Å². The van der Waals surface area contributed by atoms with Crippen molar-refractivity contribution in [3.8, 4) is 22.1 Å². The van der Waals surface area contributed by atoms with E-state index in [9.17, 15) is 4.79 Å². The molecule has 27 heavy (non-hydrogen) atoms. The summed E-state index contributed by atoms with van der Waals surface area (Å²) >= 11 is 1.18. The van der Waals surface area contributed by atoms with Gasteiger partial charge in [-0.1, -0.05) is 6.07 Å². The van der Waals surface area contributed by atoms with E-state index in [1.807, 2.05) is 50.2 Å². The zero-order valence-electron chi connectivity index (χ0n) is 15.5. The van der Waals surface area contributed by atoms with Gasteiger partial charge in [0.25, 0.3) is 0 Å². The van der Waals surface area contributed by atoms with E-state index >= 15 is 0 Å². The summed E-state index contributed by atoms with van der Waals surface area (Å²) in [5.74, 6) is 0.634. The maximum Gasteiger partial charge on any atom is 0.347 e. The first kappa shape index (κ1) is 18.9. The summed E-state index contributed by atoms with van der Waals surface area (Å²) < 4.78 is 11.4. The minimum atomic E-state index is -0.944. The quantitative estimate of drug-likeness (QED) is 0.588. The van der Waals surface area contributed by atoms with Gasteiger partial charge in [-0.15, -0.1) is 11.3 Å². The number of aryl methyl sites for hydroxylation is 3. The van der Waals surface area contributed by atoms with Crippen molar-refractivity contribution in [2.24, 2.45) is 0 Å². The van der Waals surface area contributed by atoms with E-state index in [0.29, 0.717) is 23.9 Å². The van der Waals surface area contributed by atoms with E-state index in [0.717, 1.165) is 17.1 Å². The Hall–Kier alpha value is -2.86. The van der Waals surface area contributed by atoms with Crippen LogP contribution in [0.1, 0.15) is 26.5 Å². The molecule has 0 amide bonds. The number of carboxylic acid groups (broad SMARTS) is 1. The first-order valence-corrected chi connectivity index (χ1v) is 9.39. The predicted octanol–water partition coefficient (Wildman–Crippen LogP) is 4.89. The number of aromatic carboxylic acids is 1. The number of benzene rings is 2. The topological polar surface area (TPSA) is 68.7 Å². The van der Waals surface area contributed by atoms with Crippen LogP contribution in [0.5, 0.6) is 11.5 Å². The van der Waals surface area contributed by atoms with Crippen molar-refractivity contribution < 1.29 is 19.4 Å². The van der Waals surface area contributed by atoms with E-state index < -0.39 is 5.97 Å². The van der Waals surface area contributed by atoms with Crippen molar-refractivity contribution in [2.45, 2.75) is 20.8 Å². The summed E-state index contributed by atoms with van der Waals surface area (Å²) in [7, 11) is 0. The lowest BCUT2D eigenvalue weighted by atomic mass is 10.1. The Morgan fingerprint density at radius 3 is 2.11 bits per heavy atom. The molecule has 2 aromatic carbocycles. The van der Waals surface area contributed by atoms with E-state index in [4.69, 9.17) is 14.6 Å². The zero-order chi connectivity index (χ0) is 19.4. The molecule has 1 aromatic heterocycles. The number of rotatable bonds is 7. The summed E-state index contributed by atoms with van der Waals surface area (Å²) in [5.41, 5.74) is 3.75. The lowest BCUT2D eigenvalue weighted by Crippen LogP contribution is -2.09. The molecule has 0 aliphatic heterocycles. The standard InChI is InChI=1S/C21H21NO4S/c1-13-10-14(2)12-18(11-13)26-9-8-25-17-6-4-16(5-7-17)20-22-15(3)19(27-20)21(23)24/h4-7,10-12H,8-9H2,1-3H3,(H,23,24). The normalized spacial score (nSPS) is 10.6. The molecule has 0 saturated carbocycles. The highest BCUT2D eigenvalue weighted by Gasteiger charge is 2.14. The van der Waals surface area contributed by atoms with Crippen molar-refractivity contribution in [1.29, 1.82) is 0 Å². The van der Waals surface area contributed by atoms with Gasteiger partial charge in [-0.2, -0.15) is 0 Å². The largest absolute Gasteiger partial charge is 0.490 e. The number of aromatic nitrogens is 1. The van der Waals surface area contributed by atoms with Crippen molar-refractivity contribution >= 4 is 17.3 Å². The molecule has 1 heterocycles. The average Bonchev–Trinajstić information content (AvgIpc) is 3.00. The first-order chi connectivity index (χ1) is 12.9. The number of hydrogen-bond donors (Lipinski definition) is 1. The summed E-state index contributed by atoms with van der Waals surface area (Å²) in [4.78, 5) is 15.7. The molecule has 0 atom stereocenters. The summed E-state index contributed by atoms with van der Waals surface area (Å²) in [5, 5.41) is 9.83. The van der Waals surface area contributed by atoms with Crippen LogP contribution in [-0.4, -0.2) is 29.3 Å². The van der Waals surface area contributed by atoms with Gasteiger partial charge in [0.2, 0.25) is 0 Å². The molecule has 3 aromatic rings. The van der Waals surface area contributed by atoms with Crippen LogP contribution in [0.15, 0.2) is 42.5 Å². The van der Waals surface area contributed by atoms with Crippen LogP contribution in [0.4, 0.5) is 0 Å². The SMILES string of the molecule is Cc1cc(C)cc(OCCOc2ccc(-c3nc(C)c(C(=O)O)s3)cc2)c1. The van der Waals surface area contributed by atoms with Crippen molar-refractivity contribution in [1.82, 2.24) is 4.98 Å². The van der Waals surface area contributed by atoms with Gasteiger partial charge in [0.15, 0.2) is 0 Å². The third-order valence-electron chi connectivity index (χ3n) is 3.91. The molecule has 1 N–H and O–H groups in total. The van der Waals surface area contributed by atoms with Gasteiger partial charge in [0.05, 0.1) is 5.69 Å². The van der Waals surface area contributed by atoms with Crippen LogP contribution in [0.2, 0.25) is 0 Å². The highest BCUT2D eigenvalue weighted by molar-refractivity contribution is 7.17. The molecule has 0 aliphatic rings. The van der Waals surface area contributed by atoms with Crippen molar-refractivity contribution in [3.05, 3.63) is 64.2 Å². The lowest BCUT2D eigenvalue weighted by Gasteiger charge is -2.10. The minimum Gasteiger partial charge on any atom is -0.490 e. The Labute approximate surface area is 162 Å². The molecule has 6 heteroatoms. The van der Waals surface area contributed by atoms with Gasteiger partial charge in [-0.25, -0.2) is 9.78 Å². The maximum absolute atomic E-state index is 11.1. The van der Waals surface area contributed by atoms with Crippen LogP contribution in [0.25, 0.3) is 10.6 Å². The van der Waals surface area contributed by atoms with Crippen molar-refractivity contribution in [3.63, 3.8) is 0 Å². The zero-order valence-corrected chi connectivity index (χ0v) is 16.3. The molecule has 140 valence electrons. The fraction of sp³-hybridized carbons (Fsp3) is 0.238. The lowest BCUT2D eigenvalue weighted by molar-refractivity contribution is 0.0701. The van der Waals surface area contributed by atoms with Crippen LogP contribution in [0.3, 0.4) is 0 Å². The number of hydrogen-bond acceptors (Lipinski definition) is 5. The Balaban J connectivity index is 1.55. The predicted molar refractivity (Wildman–Crippen MR) is 106 cm³/mol. The second-order valence-corrected chi connectivity index (χ2v) is 7.28. The maximum atomic E-state index is 11.1. The summed E-state index contributed by atoms with van der Waals surface area (Å²) in [6.07, 6.45) is 0. The fourth-order valence-electron chi connectivity index (χ4n) is 2.75. The molecule has 0 saturated heterocycles. The molecule has 0 fully saturated rings. The first-order valence-electron chi connectivity index (χ1n) is 8.57. The van der Waals surface area contributed by atoms with Gasteiger partial charge in [-0.3, -0.25) is 0 Å². The van der Waals surface area contributed by atoms with E-state index in [1.165, 1.54) is 22.5 Å². The molecule has 0 bridgehead atoms. The number of carbonyl (C=O) groups is 1. The fourth-order valence-corrected chi connectivity index (χ4v) is 3.66. The molecule has 3 rings (SSSR count). The van der Waals surface area contributed by atoms with Gasteiger partial charge in [-0.05, 0) is 68.3 Å². The van der Waals surface area contributed by atoms with Gasteiger partial charge in [0, 0.05) is 5.56 Å². The monoisotopic (exact) mass is 383 g/mol. The van der Waals surface area contributed by atoms with Crippen molar-refractivity contribution in [2.75, 3.05) is 13.2 Å². The minimum absolute atomic E-state index is 0.272. The molecular weight excluding hydrogens is 362 g/mol. The van der Waals surface area contributed by atoms with E-state index in [1.54, 1.807) is 6.92 Å². The Bertz CT molecular complexity index is 927. The van der Waals surface area contributed by atoms with Gasteiger partial charge < -0.3 is 14.6 Å². The molecule has 0 radical (unpaired) electrons.